The fourth-order valence-electron chi connectivity index (χ4n) is 7.75. The number of hydrogen-bond donors (Lipinski definition) is 8. The monoisotopic (exact) mass is 776 g/mol. The summed E-state index contributed by atoms with van der Waals surface area (Å²) in [7, 11) is 0. The Morgan fingerprint density at radius 1 is 0.518 bits per heavy atom. The van der Waals surface area contributed by atoms with E-state index in [1.165, 1.54) is 34.1 Å². The number of aromatic hydroxyl groups is 2. The molecule has 10 N–H and O–H groups in total. The first-order valence-corrected chi connectivity index (χ1v) is 19.8. The van der Waals surface area contributed by atoms with E-state index in [9.17, 15) is 39.0 Å². The third kappa shape index (κ3) is 11.0. The van der Waals surface area contributed by atoms with Crippen molar-refractivity contribution in [3.8, 4) is 11.5 Å². The van der Waals surface area contributed by atoms with Gasteiger partial charge in [-0.3, -0.25) is 28.8 Å². The molecular weight excluding hydrogens is 720 g/mol. The van der Waals surface area contributed by atoms with Crippen molar-refractivity contribution in [3.63, 3.8) is 0 Å². The van der Waals surface area contributed by atoms with Gasteiger partial charge in [0.25, 0.3) is 0 Å². The SMILES string of the molecule is NCCCC[C@@H]1NC(=O)[C@@H]2CCCN2C(=O)[C@@H](Cc2ccc(O)cc2)NC(=O)[C@H](CCCCN)NC(=O)[C@@H]2CCCN2C(=O)[C@@H](Cc2ccc(O)cc2)NC1=O. The van der Waals surface area contributed by atoms with E-state index >= 15 is 0 Å². The number of nitrogens with two attached hydrogens (primary N) is 2. The normalized spacial score (nSPS) is 25.4. The minimum absolute atomic E-state index is 0.0314. The number of rotatable bonds is 12. The van der Waals surface area contributed by atoms with E-state index in [1.807, 2.05) is 0 Å². The molecule has 2 aromatic rings. The van der Waals surface area contributed by atoms with E-state index in [0.29, 0.717) is 75.6 Å². The predicted molar refractivity (Wildman–Crippen MR) is 207 cm³/mol. The number of phenolic OH excluding ortho intramolecular Hbond substituents is 2. The Labute approximate surface area is 327 Å². The average Bonchev–Trinajstić information content (AvgIpc) is 3.89. The van der Waals surface area contributed by atoms with Gasteiger partial charge in [0, 0.05) is 25.9 Å². The number of carbonyl (C=O) groups excluding carboxylic acids is 6. The van der Waals surface area contributed by atoms with Gasteiger partial charge < -0.3 is 52.7 Å². The van der Waals surface area contributed by atoms with E-state index in [4.69, 9.17) is 11.5 Å². The van der Waals surface area contributed by atoms with Gasteiger partial charge in [-0.15, -0.1) is 0 Å². The minimum Gasteiger partial charge on any atom is -0.508 e. The summed E-state index contributed by atoms with van der Waals surface area (Å²) in [6, 6.07) is 6.17. The number of nitrogens with one attached hydrogen (secondary N) is 4. The van der Waals surface area contributed by atoms with Crippen LogP contribution in [0.25, 0.3) is 0 Å². The Bertz CT molecular complexity index is 1570. The van der Waals surface area contributed by atoms with Gasteiger partial charge >= 0.3 is 0 Å². The second-order valence-electron chi connectivity index (χ2n) is 14.9. The number of hydrogen-bond acceptors (Lipinski definition) is 10. The first-order chi connectivity index (χ1) is 27.0. The largest absolute Gasteiger partial charge is 0.508 e. The molecule has 16 nitrogen and oxygen atoms in total. The fourth-order valence-corrected chi connectivity index (χ4v) is 7.75. The standard InChI is InChI=1S/C40H56N8O8/c41-19-3-1-7-29-35(51)45-31(23-25-11-15-27(49)16-12-25)39(55)48-22-6-10-34(48)38(54)44-30(8-2-4-20-42)36(52)46-32(24-26-13-17-28(50)18-14-26)40(56)47-21-5-9-33(47)37(53)43-29/h11-18,29-34,49-50H,1-10,19-24,41-42H2,(H,43,53)(H,44,54)(H,45,51)(H,46,52)/t29-,30-,31+,32+,33-,34-/m0/s1. The Morgan fingerprint density at radius 3 is 1.23 bits per heavy atom. The minimum atomic E-state index is -1.14. The maximum Gasteiger partial charge on any atom is 0.246 e. The van der Waals surface area contributed by atoms with Crippen LogP contribution >= 0.6 is 0 Å². The van der Waals surface area contributed by atoms with Gasteiger partial charge in [0.2, 0.25) is 35.4 Å². The van der Waals surface area contributed by atoms with Crippen molar-refractivity contribution >= 4 is 35.4 Å². The van der Waals surface area contributed by atoms with Crippen LogP contribution < -0.4 is 32.7 Å². The zero-order valence-electron chi connectivity index (χ0n) is 31.8. The van der Waals surface area contributed by atoms with Crippen molar-refractivity contribution in [1.82, 2.24) is 31.1 Å². The van der Waals surface area contributed by atoms with E-state index in [0.717, 1.165) is 0 Å². The lowest BCUT2D eigenvalue weighted by atomic mass is 10.0. The van der Waals surface area contributed by atoms with Gasteiger partial charge in [0.1, 0.15) is 47.8 Å². The fraction of sp³-hybridized carbons (Fsp3) is 0.550. The zero-order chi connectivity index (χ0) is 40.2. The lowest BCUT2D eigenvalue weighted by Crippen LogP contribution is -2.61. The van der Waals surface area contributed by atoms with Crippen LogP contribution in [0.1, 0.15) is 75.3 Å². The molecule has 0 spiro atoms. The molecule has 5 rings (SSSR count). The first-order valence-electron chi connectivity index (χ1n) is 19.8. The van der Waals surface area contributed by atoms with Crippen LogP contribution in [-0.4, -0.2) is 118 Å². The van der Waals surface area contributed by atoms with Crippen molar-refractivity contribution in [2.45, 2.75) is 113 Å². The summed E-state index contributed by atoms with van der Waals surface area (Å²) in [6.07, 6.45) is 4.34. The highest BCUT2D eigenvalue weighted by molar-refractivity contribution is 5.98. The molecule has 0 bridgehead atoms. The number of phenols is 2. The highest BCUT2D eigenvalue weighted by atomic mass is 16.3. The summed E-state index contributed by atoms with van der Waals surface area (Å²) >= 11 is 0. The Morgan fingerprint density at radius 2 is 0.875 bits per heavy atom. The molecular formula is C40H56N8O8. The van der Waals surface area contributed by atoms with E-state index in [-0.39, 0.29) is 50.3 Å². The van der Waals surface area contributed by atoms with Crippen LogP contribution in [0.3, 0.4) is 0 Å². The molecule has 0 unspecified atom stereocenters. The Balaban J connectivity index is 1.53. The van der Waals surface area contributed by atoms with Gasteiger partial charge in [0.15, 0.2) is 0 Å². The Hall–Kier alpha value is -5.22. The average molecular weight is 777 g/mol. The highest BCUT2D eigenvalue weighted by Crippen LogP contribution is 2.24. The summed E-state index contributed by atoms with van der Waals surface area (Å²) < 4.78 is 0. The molecule has 0 aliphatic carbocycles. The molecule has 6 amide bonds. The number of fused-ring (bicyclic) bond motifs is 2. The van der Waals surface area contributed by atoms with E-state index in [2.05, 4.69) is 21.3 Å². The summed E-state index contributed by atoms with van der Waals surface area (Å²) in [5.41, 5.74) is 12.8. The molecule has 56 heavy (non-hydrogen) atoms. The number of carbonyl (C=O) groups is 6. The van der Waals surface area contributed by atoms with Crippen LogP contribution in [0.2, 0.25) is 0 Å². The molecule has 6 atom stereocenters. The van der Waals surface area contributed by atoms with Crippen molar-refractivity contribution in [3.05, 3.63) is 59.7 Å². The third-order valence-corrected chi connectivity index (χ3v) is 10.8. The van der Waals surface area contributed by atoms with Crippen LogP contribution in [0.4, 0.5) is 0 Å². The lowest BCUT2D eigenvalue weighted by Gasteiger charge is -2.33. The van der Waals surface area contributed by atoms with Gasteiger partial charge in [-0.1, -0.05) is 24.3 Å². The first kappa shape index (κ1) is 41.9. The molecule has 0 saturated carbocycles. The number of nitrogens with zero attached hydrogens (tertiary/aromatic N) is 2. The van der Waals surface area contributed by atoms with Crippen LogP contribution in [-0.2, 0) is 41.6 Å². The van der Waals surface area contributed by atoms with Crippen molar-refractivity contribution in [2.24, 2.45) is 11.5 Å². The molecule has 0 radical (unpaired) electrons. The third-order valence-electron chi connectivity index (χ3n) is 10.8. The molecule has 3 saturated heterocycles. The van der Waals surface area contributed by atoms with Crippen molar-refractivity contribution in [2.75, 3.05) is 26.2 Å². The topological polar surface area (TPSA) is 250 Å². The van der Waals surface area contributed by atoms with Crippen LogP contribution in [0.5, 0.6) is 11.5 Å². The van der Waals surface area contributed by atoms with Crippen molar-refractivity contribution < 1.29 is 39.0 Å². The summed E-state index contributed by atoms with van der Waals surface area (Å²) in [5.74, 6) is -3.19. The second kappa shape index (κ2) is 20.1. The molecule has 304 valence electrons. The summed E-state index contributed by atoms with van der Waals surface area (Å²) in [6.45, 7) is 1.21. The maximum atomic E-state index is 14.4. The summed E-state index contributed by atoms with van der Waals surface area (Å²) in [4.78, 5) is 88.1. The van der Waals surface area contributed by atoms with Gasteiger partial charge in [0.05, 0.1) is 0 Å². The zero-order valence-corrected chi connectivity index (χ0v) is 31.8. The number of unbranched alkanes of at least 4 members (excludes halogenated alkanes) is 2. The van der Waals surface area contributed by atoms with Crippen LogP contribution in [0, 0.1) is 0 Å². The van der Waals surface area contributed by atoms with Gasteiger partial charge in [-0.05, 0) is 113 Å². The molecule has 2 aromatic carbocycles. The second-order valence-corrected chi connectivity index (χ2v) is 14.9. The number of amides is 6. The highest BCUT2D eigenvalue weighted by Gasteiger charge is 2.42. The predicted octanol–water partition coefficient (Wildman–Crippen LogP) is 0.0758. The molecule has 3 aliphatic heterocycles. The molecule has 0 aromatic heterocycles. The summed E-state index contributed by atoms with van der Waals surface area (Å²) in [5, 5.41) is 31.2. The van der Waals surface area contributed by atoms with Crippen LogP contribution in [0.15, 0.2) is 48.5 Å². The maximum absolute atomic E-state index is 14.4. The van der Waals surface area contributed by atoms with E-state index < -0.39 is 71.7 Å². The quantitative estimate of drug-likeness (QED) is 0.135. The van der Waals surface area contributed by atoms with Crippen molar-refractivity contribution in [1.29, 1.82) is 0 Å². The molecule has 16 heteroatoms. The lowest BCUT2D eigenvalue weighted by molar-refractivity contribution is -0.144. The van der Waals surface area contributed by atoms with Gasteiger partial charge in [-0.25, -0.2) is 0 Å². The molecule has 3 heterocycles. The Kier molecular flexibility index (Phi) is 15.0. The molecule has 3 aliphatic rings. The number of benzene rings is 2. The smallest absolute Gasteiger partial charge is 0.246 e. The van der Waals surface area contributed by atoms with E-state index in [1.54, 1.807) is 24.3 Å². The molecule has 3 fully saturated rings. The van der Waals surface area contributed by atoms with Gasteiger partial charge in [-0.2, -0.15) is 0 Å².